The van der Waals surface area contributed by atoms with Gasteiger partial charge in [-0.3, -0.25) is 13.9 Å². The van der Waals surface area contributed by atoms with Crippen LogP contribution in [0.15, 0.2) is 28.5 Å². The van der Waals surface area contributed by atoms with E-state index < -0.39 is 34.1 Å². The predicted octanol–water partition coefficient (Wildman–Crippen LogP) is 3.88. The molecule has 1 aromatic carbocycles. The second-order valence-electron chi connectivity index (χ2n) is 7.34. The fourth-order valence-corrected chi connectivity index (χ4v) is 3.75. The first-order valence-electron chi connectivity index (χ1n) is 8.05. The summed E-state index contributed by atoms with van der Waals surface area (Å²) >= 11 is 0. The maximum absolute atomic E-state index is 12.7. The molecule has 1 aliphatic heterocycles. The third-order valence-electron chi connectivity index (χ3n) is 3.67. The van der Waals surface area contributed by atoms with E-state index in [0.717, 1.165) is 0 Å². The fraction of sp³-hybridized carbons (Fsp3) is 0.444. The van der Waals surface area contributed by atoms with Crippen molar-refractivity contribution in [3.05, 3.63) is 34.7 Å². The van der Waals surface area contributed by atoms with Crippen molar-refractivity contribution in [3.63, 3.8) is 0 Å². The molecule has 1 aromatic rings. The first kappa shape index (κ1) is 19.5. The van der Waals surface area contributed by atoms with Crippen LogP contribution in [0.1, 0.15) is 50.5 Å². The molecule has 0 fully saturated rings. The molecule has 7 heteroatoms. The summed E-state index contributed by atoms with van der Waals surface area (Å²) in [6.45, 7) is 8.94. The van der Waals surface area contributed by atoms with Crippen LogP contribution in [0.25, 0.3) is 6.08 Å². The summed E-state index contributed by atoms with van der Waals surface area (Å²) in [6.07, 6.45) is 1.53. The first-order valence-corrected chi connectivity index (χ1v) is 9.66. The number of amides is 1. The Balaban J connectivity index is 2.25. The standard InChI is InChI=1S/C18H25NO5S/c1-11(2)15(17(21)24-18(3,4)5)19-16(20)13-7-6-8-14-12(13)9-10-25(14,22)23/h6-11,15,22-23H,1-5H3,(H,19,20). The summed E-state index contributed by atoms with van der Waals surface area (Å²) in [4.78, 5) is 25.4. The fourth-order valence-electron chi connectivity index (χ4n) is 2.49. The molecule has 2 rings (SSSR count). The zero-order valence-corrected chi connectivity index (χ0v) is 15.9. The molecule has 1 atom stereocenters. The van der Waals surface area contributed by atoms with Crippen molar-refractivity contribution in [2.24, 2.45) is 5.92 Å². The Morgan fingerprint density at radius 1 is 1.20 bits per heavy atom. The molecule has 0 saturated carbocycles. The molecule has 0 saturated heterocycles. The van der Waals surface area contributed by atoms with E-state index in [4.69, 9.17) is 4.74 Å². The zero-order chi connectivity index (χ0) is 19.0. The summed E-state index contributed by atoms with van der Waals surface area (Å²) in [5, 5.41) is 4.00. The molecule has 0 spiro atoms. The lowest BCUT2D eigenvalue weighted by Gasteiger charge is -2.27. The third-order valence-corrected chi connectivity index (χ3v) is 5.19. The van der Waals surface area contributed by atoms with E-state index in [2.05, 4.69) is 5.32 Å². The maximum Gasteiger partial charge on any atom is 0.329 e. The molecular weight excluding hydrogens is 342 g/mol. The number of ether oxygens (including phenoxy) is 1. The van der Waals surface area contributed by atoms with Gasteiger partial charge in [0, 0.05) is 16.5 Å². The molecule has 1 amide bonds. The minimum Gasteiger partial charge on any atom is -0.458 e. The molecule has 3 N–H and O–H groups in total. The van der Waals surface area contributed by atoms with Crippen molar-refractivity contribution in [3.8, 4) is 0 Å². The molecule has 1 aliphatic rings. The van der Waals surface area contributed by atoms with Gasteiger partial charge in [-0.15, -0.1) is 10.6 Å². The average Bonchev–Trinajstić information content (AvgIpc) is 2.78. The molecule has 0 radical (unpaired) electrons. The van der Waals surface area contributed by atoms with Crippen LogP contribution in [0.4, 0.5) is 0 Å². The second kappa shape index (κ2) is 6.82. The Morgan fingerprint density at radius 2 is 1.84 bits per heavy atom. The van der Waals surface area contributed by atoms with Gasteiger partial charge in [0.2, 0.25) is 0 Å². The van der Waals surface area contributed by atoms with E-state index in [1.165, 1.54) is 11.5 Å². The van der Waals surface area contributed by atoms with Crippen LogP contribution in [0.3, 0.4) is 0 Å². The quantitative estimate of drug-likeness (QED) is 0.702. The van der Waals surface area contributed by atoms with Gasteiger partial charge >= 0.3 is 5.97 Å². The van der Waals surface area contributed by atoms with Crippen molar-refractivity contribution in [1.29, 1.82) is 0 Å². The Morgan fingerprint density at radius 3 is 2.40 bits per heavy atom. The van der Waals surface area contributed by atoms with Gasteiger partial charge in [-0.2, -0.15) is 0 Å². The number of hydrogen-bond donors (Lipinski definition) is 3. The topological polar surface area (TPSA) is 95.9 Å². The number of benzene rings is 1. The highest BCUT2D eigenvalue weighted by atomic mass is 32.3. The third kappa shape index (κ3) is 4.42. The number of nitrogens with one attached hydrogen (secondary N) is 1. The second-order valence-corrected chi connectivity index (χ2v) is 9.24. The number of carbonyl (C=O) groups is 2. The van der Waals surface area contributed by atoms with Gasteiger partial charge in [0.25, 0.3) is 5.91 Å². The Kier molecular flexibility index (Phi) is 5.32. The van der Waals surface area contributed by atoms with Gasteiger partial charge in [-0.25, -0.2) is 4.79 Å². The highest BCUT2D eigenvalue weighted by Gasteiger charge is 2.31. The highest BCUT2D eigenvalue weighted by molar-refractivity contribution is 8.27. The Labute approximate surface area is 149 Å². The van der Waals surface area contributed by atoms with Crippen molar-refractivity contribution < 1.29 is 23.4 Å². The molecule has 1 unspecified atom stereocenters. The van der Waals surface area contributed by atoms with Crippen LogP contribution in [-0.2, 0) is 9.53 Å². The van der Waals surface area contributed by atoms with Gasteiger partial charge in [-0.1, -0.05) is 19.9 Å². The van der Waals surface area contributed by atoms with Crippen LogP contribution >= 0.6 is 10.6 Å². The van der Waals surface area contributed by atoms with E-state index in [-0.39, 0.29) is 5.92 Å². The highest BCUT2D eigenvalue weighted by Crippen LogP contribution is 2.56. The molecule has 1 heterocycles. The molecule has 6 nitrogen and oxygen atoms in total. The minimum atomic E-state index is -3.00. The van der Waals surface area contributed by atoms with Gasteiger partial charge in [0.15, 0.2) is 0 Å². The molecule has 0 bridgehead atoms. The van der Waals surface area contributed by atoms with Crippen LogP contribution in [0, 0.1) is 5.92 Å². The number of carbonyl (C=O) groups excluding carboxylic acids is 2. The van der Waals surface area contributed by atoms with Crippen molar-refractivity contribution >= 4 is 28.5 Å². The molecule has 138 valence electrons. The average molecular weight is 367 g/mol. The van der Waals surface area contributed by atoms with Crippen molar-refractivity contribution in [1.82, 2.24) is 5.32 Å². The summed E-state index contributed by atoms with van der Waals surface area (Å²) in [7, 11) is -3.00. The van der Waals surface area contributed by atoms with E-state index in [1.807, 2.05) is 13.8 Å². The zero-order valence-electron chi connectivity index (χ0n) is 15.1. The summed E-state index contributed by atoms with van der Waals surface area (Å²) < 4.78 is 25.4. The normalized spacial score (nSPS) is 17.8. The largest absolute Gasteiger partial charge is 0.458 e. The first-order chi connectivity index (χ1) is 11.4. The number of fused-ring (bicyclic) bond motifs is 1. The lowest BCUT2D eigenvalue weighted by molar-refractivity contribution is -0.158. The number of hydrogen-bond acceptors (Lipinski definition) is 5. The van der Waals surface area contributed by atoms with Gasteiger partial charge in [0.1, 0.15) is 11.6 Å². The smallest absolute Gasteiger partial charge is 0.329 e. The van der Waals surface area contributed by atoms with Crippen molar-refractivity contribution in [2.45, 2.75) is 51.2 Å². The van der Waals surface area contributed by atoms with Crippen LogP contribution < -0.4 is 5.32 Å². The van der Waals surface area contributed by atoms with E-state index >= 15 is 0 Å². The van der Waals surface area contributed by atoms with Crippen LogP contribution in [-0.4, -0.2) is 32.6 Å². The summed E-state index contributed by atoms with van der Waals surface area (Å²) in [5.41, 5.74) is 0.106. The van der Waals surface area contributed by atoms with Gasteiger partial charge in [0.05, 0.1) is 4.90 Å². The predicted molar refractivity (Wildman–Crippen MR) is 98.5 cm³/mol. The Hall–Kier alpha value is -1.83. The van der Waals surface area contributed by atoms with E-state index in [9.17, 15) is 18.7 Å². The Bertz CT molecular complexity index is 719. The number of esters is 1. The lowest BCUT2D eigenvalue weighted by atomic mass is 10.0. The van der Waals surface area contributed by atoms with E-state index in [0.29, 0.717) is 16.0 Å². The van der Waals surface area contributed by atoms with Gasteiger partial charge in [-0.05, 0) is 44.9 Å². The summed E-state index contributed by atoms with van der Waals surface area (Å²) in [5.74, 6) is -1.11. The van der Waals surface area contributed by atoms with Gasteiger partial charge < -0.3 is 10.1 Å². The maximum atomic E-state index is 12.7. The lowest BCUT2D eigenvalue weighted by Crippen LogP contribution is -2.47. The molecule has 0 aliphatic carbocycles. The van der Waals surface area contributed by atoms with Crippen LogP contribution in [0.2, 0.25) is 0 Å². The monoisotopic (exact) mass is 367 g/mol. The van der Waals surface area contributed by atoms with E-state index in [1.54, 1.807) is 39.0 Å². The molecule has 0 aromatic heterocycles. The minimum absolute atomic E-state index is 0.161. The molecular formula is C18H25NO5S. The number of rotatable bonds is 4. The SMILES string of the molecule is CC(C)C(NC(=O)c1cccc2c1C=CS2(O)O)C(=O)OC(C)(C)C. The van der Waals surface area contributed by atoms with Crippen molar-refractivity contribution in [2.75, 3.05) is 0 Å². The van der Waals surface area contributed by atoms with Crippen LogP contribution in [0.5, 0.6) is 0 Å². The molecule has 25 heavy (non-hydrogen) atoms. The summed E-state index contributed by atoms with van der Waals surface area (Å²) in [6, 6.07) is 3.96.